The maximum atomic E-state index is 11.8. The molecule has 1 aliphatic rings. The summed E-state index contributed by atoms with van der Waals surface area (Å²) >= 11 is 0. The van der Waals surface area contributed by atoms with Crippen molar-refractivity contribution in [1.29, 1.82) is 0 Å². The predicted molar refractivity (Wildman–Crippen MR) is 67.0 cm³/mol. The van der Waals surface area contributed by atoms with E-state index in [0.717, 1.165) is 31.7 Å². The highest BCUT2D eigenvalue weighted by Gasteiger charge is 2.43. The fourth-order valence-electron chi connectivity index (χ4n) is 1.94. The van der Waals surface area contributed by atoms with Gasteiger partial charge in [-0.05, 0) is 38.0 Å². The summed E-state index contributed by atoms with van der Waals surface area (Å²) in [6.45, 7) is 7.07. The van der Waals surface area contributed by atoms with Crippen LogP contribution < -0.4 is 11.1 Å². The normalized spacial score (nSPS) is 19.6. The Balaban J connectivity index is 2.10. The number of carbonyl (C=O) groups is 1. The highest BCUT2D eigenvalue weighted by atomic mass is 16.2. The van der Waals surface area contributed by atoms with Crippen molar-refractivity contribution in [3.8, 4) is 0 Å². The third-order valence-electron chi connectivity index (χ3n) is 3.41. The average Bonchev–Trinajstić information content (AvgIpc) is 2.99. The Morgan fingerprint density at radius 1 is 1.44 bits per heavy atom. The molecule has 3 heteroatoms. The van der Waals surface area contributed by atoms with Crippen molar-refractivity contribution in [3.63, 3.8) is 0 Å². The Morgan fingerprint density at radius 2 is 2.06 bits per heavy atom. The van der Waals surface area contributed by atoms with Gasteiger partial charge < -0.3 is 11.1 Å². The highest BCUT2D eigenvalue weighted by Crippen LogP contribution is 2.38. The number of hydrogen-bond acceptors (Lipinski definition) is 2. The predicted octanol–water partition coefficient (Wildman–Crippen LogP) is 2.06. The molecule has 1 rings (SSSR count). The Morgan fingerprint density at radius 3 is 2.56 bits per heavy atom. The van der Waals surface area contributed by atoms with Crippen molar-refractivity contribution < 1.29 is 4.79 Å². The Kier molecular flexibility index (Phi) is 4.78. The summed E-state index contributed by atoms with van der Waals surface area (Å²) in [7, 11) is 0. The lowest BCUT2D eigenvalue weighted by Gasteiger charge is -2.23. The summed E-state index contributed by atoms with van der Waals surface area (Å²) in [5.41, 5.74) is 5.38. The van der Waals surface area contributed by atoms with Crippen LogP contribution in [0.5, 0.6) is 0 Å². The van der Waals surface area contributed by atoms with Crippen LogP contribution in [-0.4, -0.2) is 18.0 Å². The molecule has 0 heterocycles. The smallest absolute Gasteiger partial charge is 0.240 e. The van der Waals surface area contributed by atoms with Gasteiger partial charge in [-0.15, -0.1) is 0 Å². The van der Waals surface area contributed by atoms with E-state index in [1.54, 1.807) is 0 Å². The van der Waals surface area contributed by atoms with Crippen molar-refractivity contribution in [2.24, 2.45) is 17.6 Å². The molecule has 0 radical (unpaired) electrons. The average molecular weight is 226 g/mol. The molecular formula is C13H26N2O. The summed E-state index contributed by atoms with van der Waals surface area (Å²) in [6.07, 6.45) is 5.69. The van der Waals surface area contributed by atoms with E-state index >= 15 is 0 Å². The van der Waals surface area contributed by atoms with E-state index in [1.165, 1.54) is 12.8 Å². The van der Waals surface area contributed by atoms with Gasteiger partial charge in [-0.3, -0.25) is 4.79 Å². The molecule has 1 fully saturated rings. The van der Waals surface area contributed by atoms with Crippen molar-refractivity contribution >= 4 is 5.91 Å². The van der Waals surface area contributed by atoms with Crippen LogP contribution in [0.15, 0.2) is 0 Å². The first-order chi connectivity index (χ1) is 7.44. The molecule has 1 saturated carbocycles. The number of unbranched alkanes of at least 4 members (excludes halogenated alkanes) is 1. The van der Waals surface area contributed by atoms with Gasteiger partial charge in [0.1, 0.15) is 0 Å². The maximum Gasteiger partial charge on any atom is 0.240 e. The SMILES string of the molecule is CC(C)CCCCNC(=O)C(C)(N)C1CC1. The van der Waals surface area contributed by atoms with E-state index in [-0.39, 0.29) is 5.91 Å². The molecule has 94 valence electrons. The number of carbonyl (C=O) groups excluding carboxylic acids is 1. The number of nitrogens with one attached hydrogen (secondary N) is 1. The molecule has 0 aromatic carbocycles. The first-order valence-electron chi connectivity index (χ1n) is 6.51. The first kappa shape index (κ1) is 13.5. The minimum Gasteiger partial charge on any atom is -0.355 e. The standard InChI is InChI=1S/C13H26N2O/c1-10(2)6-4-5-9-15-12(16)13(3,14)11-7-8-11/h10-11H,4-9,14H2,1-3H3,(H,15,16). The van der Waals surface area contributed by atoms with Crippen LogP contribution in [0, 0.1) is 11.8 Å². The lowest BCUT2D eigenvalue weighted by atomic mass is 9.96. The number of amides is 1. The summed E-state index contributed by atoms with van der Waals surface area (Å²) in [4.78, 5) is 11.8. The Hall–Kier alpha value is -0.570. The monoisotopic (exact) mass is 226 g/mol. The van der Waals surface area contributed by atoms with E-state index in [1.807, 2.05) is 6.92 Å². The molecule has 3 N–H and O–H groups in total. The van der Waals surface area contributed by atoms with Crippen molar-refractivity contribution in [3.05, 3.63) is 0 Å². The number of rotatable bonds is 7. The molecular weight excluding hydrogens is 200 g/mol. The molecule has 0 spiro atoms. The summed E-state index contributed by atoms with van der Waals surface area (Å²) < 4.78 is 0. The highest BCUT2D eigenvalue weighted by molar-refractivity contribution is 5.86. The fraction of sp³-hybridized carbons (Fsp3) is 0.923. The van der Waals surface area contributed by atoms with Crippen LogP contribution in [0.1, 0.15) is 52.9 Å². The van der Waals surface area contributed by atoms with Gasteiger partial charge in [-0.1, -0.05) is 26.7 Å². The summed E-state index contributed by atoms with van der Waals surface area (Å²) in [6, 6.07) is 0. The van der Waals surface area contributed by atoms with Gasteiger partial charge in [-0.2, -0.15) is 0 Å². The molecule has 1 aliphatic carbocycles. The molecule has 1 atom stereocenters. The van der Waals surface area contributed by atoms with Gasteiger partial charge in [0.2, 0.25) is 5.91 Å². The quantitative estimate of drug-likeness (QED) is 0.653. The fourth-order valence-corrected chi connectivity index (χ4v) is 1.94. The minimum absolute atomic E-state index is 0.0274. The first-order valence-corrected chi connectivity index (χ1v) is 6.51. The van der Waals surface area contributed by atoms with Crippen LogP contribution in [0.2, 0.25) is 0 Å². The molecule has 1 unspecified atom stereocenters. The van der Waals surface area contributed by atoms with Gasteiger partial charge in [-0.25, -0.2) is 0 Å². The van der Waals surface area contributed by atoms with Crippen LogP contribution >= 0.6 is 0 Å². The molecule has 1 amide bonds. The summed E-state index contributed by atoms with van der Waals surface area (Å²) in [5, 5.41) is 2.95. The van der Waals surface area contributed by atoms with Gasteiger partial charge >= 0.3 is 0 Å². The van der Waals surface area contributed by atoms with Gasteiger partial charge in [0.25, 0.3) is 0 Å². The molecule has 0 aromatic heterocycles. The second kappa shape index (κ2) is 5.67. The van der Waals surface area contributed by atoms with Crippen LogP contribution in [0.25, 0.3) is 0 Å². The van der Waals surface area contributed by atoms with Crippen LogP contribution in [0.3, 0.4) is 0 Å². The Bertz CT molecular complexity index is 232. The Labute approximate surface area is 99.2 Å². The van der Waals surface area contributed by atoms with Gasteiger partial charge in [0, 0.05) is 6.54 Å². The molecule has 16 heavy (non-hydrogen) atoms. The lowest BCUT2D eigenvalue weighted by molar-refractivity contribution is -0.126. The number of nitrogens with two attached hydrogens (primary N) is 1. The second-order valence-corrected chi connectivity index (χ2v) is 5.70. The van der Waals surface area contributed by atoms with Gasteiger partial charge in [0.05, 0.1) is 5.54 Å². The zero-order valence-corrected chi connectivity index (χ0v) is 10.9. The van der Waals surface area contributed by atoms with E-state index in [9.17, 15) is 4.79 Å². The maximum absolute atomic E-state index is 11.8. The van der Waals surface area contributed by atoms with E-state index in [0.29, 0.717) is 5.92 Å². The number of hydrogen-bond donors (Lipinski definition) is 2. The minimum atomic E-state index is -0.641. The van der Waals surface area contributed by atoms with Crippen LogP contribution in [-0.2, 0) is 4.79 Å². The second-order valence-electron chi connectivity index (χ2n) is 5.70. The zero-order chi connectivity index (χ0) is 12.2. The third kappa shape index (κ3) is 4.12. The van der Waals surface area contributed by atoms with Crippen molar-refractivity contribution in [2.75, 3.05) is 6.54 Å². The molecule has 0 aliphatic heterocycles. The zero-order valence-electron chi connectivity index (χ0n) is 10.9. The van der Waals surface area contributed by atoms with E-state index < -0.39 is 5.54 Å². The molecule has 3 nitrogen and oxygen atoms in total. The van der Waals surface area contributed by atoms with E-state index in [2.05, 4.69) is 19.2 Å². The van der Waals surface area contributed by atoms with E-state index in [4.69, 9.17) is 5.73 Å². The molecule has 0 saturated heterocycles. The van der Waals surface area contributed by atoms with Crippen LogP contribution in [0.4, 0.5) is 0 Å². The van der Waals surface area contributed by atoms with Gasteiger partial charge in [0.15, 0.2) is 0 Å². The molecule has 0 aromatic rings. The molecule has 0 bridgehead atoms. The topological polar surface area (TPSA) is 55.1 Å². The summed E-state index contributed by atoms with van der Waals surface area (Å²) in [5.74, 6) is 1.18. The largest absolute Gasteiger partial charge is 0.355 e. The van der Waals surface area contributed by atoms with Crippen molar-refractivity contribution in [1.82, 2.24) is 5.32 Å². The third-order valence-corrected chi connectivity index (χ3v) is 3.41. The lowest BCUT2D eigenvalue weighted by Crippen LogP contribution is -2.53. The van der Waals surface area contributed by atoms with Crippen molar-refractivity contribution in [2.45, 2.75) is 58.4 Å².